The third-order valence-electron chi connectivity index (χ3n) is 3.76. The average molecular weight is 242 g/mol. The Morgan fingerprint density at radius 2 is 2.00 bits per heavy atom. The maximum atomic E-state index is 10.6. The largest absolute Gasteiger partial charge is 0.481 e. The molecule has 1 fully saturated rings. The molecule has 0 amide bonds. The molecule has 17 heavy (non-hydrogen) atoms. The van der Waals surface area contributed by atoms with Crippen molar-refractivity contribution in [3.63, 3.8) is 0 Å². The van der Waals surface area contributed by atoms with Gasteiger partial charge in [-0.2, -0.15) is 0 Å². The Kier molecular flexibility index (Phi) is 5.92. The number of hydrogen-bond acceptors (Lipinski definition) is 3. The summed E-state index contributed by atoms with van der Waals surface area (Å²) in [5.74, 6) is -0.692. The number of likely N-dealkylation sites (tertiary alicyclic amines) is 1. The Morgan fingerprint density at radius 3 is 2.41 bits per heavy atom. The monoisotopic (exact) mass is 242 g/mol. The van der Waals surface area contributed by atoms with Crippen molar-refractivity contribution < 1.29 is 9.90 Å². The summed E-state index contributed by atoms with van der Waals surface area (Å²) < 4.78 is 0. The van der Waals surface area contributed by atoms with Gasteiger partial charge in [0, 0.05) is 18.6 Å². The normalized spacial score (nSPS) is 19.1. The molecule has 0 bridgehead atoms. The van der Waals surface area contributed by atoms with E-state index in [0.29, 0.717) is 18.6 Å². The minimum atomic E-state index is -0.692. The first kappa shape index (κ1) is 14.5. The van der Waals surface area contributed by atoms with Crippen molar-refractivity contribution >= 4 is 5.97 Å². The van der Waals surface area contributed by atoms with Gasteiger partial charge in [-0.1, -0.05) is 6.92 Å². The molecule has 0 aliphatic carbocycles. The Bertz CT molecular complexity index is 236. The molecule has 0 unspecified atom stereocenters. The van der Waals surface area contributed by atoms with Crippen molar-refractivity contribution in [2.24, 2.45) is 0 Å². The molecule has 0 saturated carbocycles. The number of carboxylic acid groups (broad SMARTS) is 1. The lowest BCUT2D eigenvalue weighted by molar-refractivity contribution is -0.137. The van der Waals surface area contributed by atoms with E-state index in [1.165, 1.54) is 12.8 Å². The van der Waals surface area contributed by atoms with E-state index in [9.17, 15) is 4.79 Å². The maximum Gasteiger partial charge on any atom is 0.304 e. The van der Waals surface area contributed by atoms with Crippen LogP contribution in [0.1, 0.15) is 40.0 Å². The Hall–Kier alpha value is -0.610. The third kappa shape index (κ3) is 4.64. The van der Waals surface area contributed by atoms with Crippen molar-refractivity contribution in [2.75, 3.05) is 26.2 Å². The fourth-order valence-electron chi connectivity index (χ4n) is 2.61. The number of carboxylic acids is 1. The molecular formula is C13H26N2O2. The van der Waals surface area contributed by atoms with E-state index in [2.05, 4.69) is 30.6 Å². The van der Waals surface area contributed by atoms with Crippen molar-refractivity contribution in [1.82, 2.24) is 9.80 Å². The van der Waals surface area contributed by atoms with E-state index in [0.717, 1.165) is 19.6 Å². The molecule has 1 aliphatic rings. The predicted octanol–water partition coefficient (Wildman–Crippen LogP) is 1.66. The lowest BCUT2D eigenvalue weighted by Crippen LogP contribution is -2.47. The second-order valence-electron chi connectivity index (χ2n) is 5.13. The molecule has 100 valence electrons. The van der Waals surface area contributed by atoms with Gasteiger partial charge in [0.05, 0.1) is 6.42 Å². The minimum absolute atomic E-state index is 0.262. The zero-order chi connectivity index (χ0) is 12.8. The lowest BCUT2D eigenvalue weighted by atomic mass is 10.0. The fraction of sp³-hybridized carbons (Fsp3) is 0.923. The maximum absolute atomic E-state index is 10.6. The molecule has 0 aromatic heterocycles. The van der Waals surface area contributed by atoms with Crippen LogP contribution >= 0.6 is 0 Å². The van der Waals surface area contributed by atoms with Crippen LogP contribution in [-0.2, 0) is 4.79 Å². The van der Waals surface area contributed by atoms with E-state index < -0.39 is 5.97 Å². The van der Waals surface area contributed by atoms with Gasteiger partial charge >= 0.3 is 5.97 Å². The zero-order valence-electron chi connectivity index (χ0n) is 11.4. The zero-order valence-corrected chi connectivity index (χ0v) is 11.4. The highest BCUT2D eigenvalue weighted by Gasteiger charge is 2.24. The molecule has 1 N–H and O–H groups in total. The van der Waals surface area contributed by atoms with Gasteiger partial charge in [0.15, 0.2) is 0 Å². The van der Waals surface area contributed by atoms with E-state index >= 15 is 0 Å². The molecule has 0 radical (unpaired) electrons. The van der Waals surface area contributed by atoms with Crippen LogP contribution in [0.3, 0.4) is 0 Å². The number of hydrogen-bond donors (Lipinski definition) is 1. The Morgan fingerprint density at radius 1 is 1.41 bits per heavy atom. The molecule has 4 heteroatoms. The number of rotatable bonds is 6. The predicted molar refractivity (Wildman–Crippen MR) is 69.2 cm³/mol. The highest BCUT2D eigenvalue weighted by Crippen LogP contribution is 2.18. The van der Waals surface area contributed by atoms with Gasteiger partial charge in [0.1, 0.15) is 0 Å². The SMILES string of the molecule is CCN(CCC(=O)O)C1CCN(C(C)C)CC1. The van der Waals surface area contributed by atoms with Crippen molar-refractivity contribution in [1.29, 1.82) is 0 Å². The first-order valence-corrected chi connectivity index (χ1v) is 6.74. The van der Waals surface area contributed by atoms with E-state index in [1.54, 1.807) is 0 Å². The quantitative estimate of drug-likeness (QED) is 0.769. The molecule has 0 atom stereocenters. The van der Waals surface area contributed by atoms with Crippen LogP contribution in [0.2, 0.25) is 0 Å². The highest BCUT2D eigenvalue weighted by molar-refractivity contribution is 5.66. The van der Waals surface area contributed by atoms with Crippen LogP contribution in [0, 0.1) is 0 Å². The van der Waals surface area contributed by atoms with Crippen molar-refractivity contribution in [2.45, 2.75) is 52.1 Å². The van der Waals surface area contributed by atoms with E-state index in [4.69, 9.17) is 5.11 Å². The Labute approximate surface area is 105 Å². The molecule has 1 aliphatic heterocycles. The van der Waals surface area contributed by atoms with Crippen LogP contribution in [-0.4, -0.2) is 59.1 Å². The van der Waals surface area contributed by atoms with Crippen LogP contribution < -0.4 is 0 Å². The molecular weight excluding hydrogens is 216 g/mol. The Balaban J connectivity index is 2.36. The van der Waals surface area contributed by atoms with Gasteiger partial charge in [0.2, 0.25) is 0 Å². The number of piperidine rings is 1. The molecule has 1 heterocycles. The average Bonchev–Trinajstić information content (AvgIpc) is 2.30. The molecule has 0 spiro atoms. The number of carbonyl (C=O) groups is 1. The van der Waals surface area contributed by atoms with Gasteiger partial charge in [0.25, 0.3) is 0 Å². The molecule has 0 aromatic carbocycles. The van der Waals surface area contributed by atoms with Gasteiger partial charge in [-0.15, -0.1) is 0 Å². The summed E-state index contributed by atoms with van der Waals surface area (Å²) in [6, 6.07) is 1.21. The van der Waals surface area contributed by atoms with Crippen LogP contribution in [0.15, 0.2) is 0 Å². The summed E-state index contributed by atoms with van der Waals surface area (Å²) in [5, 5.41) is 8.74. The molecule has 4 nitrogen and oxygen atoms in total. The van der Waals surface area contributed by atoms with Gasteiger partial charge in [-0.25, -0.2) is 0 Å². The first-order chi connectivity index (χ1) is 8.04. The second kappa shape index (κ2) is 6.97. The molecule has 1 rings (SSSR count). The fourth-order valence-corrected chi connectivity index (χ4v) is 2.61. The summed E-state index contributed by atoms with van der Waals surface area (Å²) in [6.07, 6.45) is 2.61. The van der Waals surface area contributed by atoms with Gasteiger partial charge in [-0.05, 0) is 46.3 Å². The summed E-state index contributed by atoms with van der Waals surface area (Å²) >= 11 is 0. The summed E-state index contributed by atoms with van der Waals surface area (Å²) in [5.41, 5.74) is 0. The first-order valence-electron chi connectivity index (χ1n) is 6.74. The van der Waals surface area contributed by atoms with Gasteiger partial charge in [-0.3, -0.25) is 9.69 Å². The van der Waals surface area contributed by atoms with Crippen molar-refractivity contribution in [3.8, 4) is 0 Å². The number of aliphatic carboxylic acids is 1. The van der Waals surface area contributed by atoms with Crippen LogP contribution in [0.25, 0.3) is 0 Å². The molecule has 0 aromatic rings. The molecule has 1 saturated heterocycles. The van der Waals surface area contributed by atoms with Crippen LogP contribution in [0.4, 0.5) is 0 Å². The second-order valence-corrected chi connectivity index (χ2v) is 5.13. The lowest BCUT2D eigenvalue weighted by Gasteiger charge is -2.39. The minimum Gasteiger partial charge on any atom is -0.481 e. The van der Waals surface area contributed by atoms with Gasteiger partial charge < -0.3 is 10.0 Å². The third-order valence-corrected chi connectivity index (χ3v) is 3.76. The standard InChI is InChI=1S/C13H26N2O2/c1-4-14(10-7-13(16)17)12-5-8-15(9-6-12)11(2)3/h11-12H,4-10H2,1-3H3,(H,16,17). The summed E-state index contributed by atoms with van der Waals surface area (Å²) in [4.78, 5) is 15.4. The van der Waals surface area contributed by atoms with E-state index in [-0.39, 0.29) is 6.42 Å². The topological polar surface area (TPSA) is 43.8 Å². The summed E-state index contributed by atoms with van der Waals surface area (Å²) in [7, 11) is 0. The van der Waals surface area contributed by atoms with Crippen LogP contribution in [0.5, 0.6) is 0 Å². The number of nitrogens with zero attached hydrogens (tertiary/aromatic N) is 2. The highest BCUT2D eigenvalue weighted by atomic mass is 16.4. The van der Waals surface area contributed by atoms with Crippen molar-refractivity contribution in [3.05, 3.63) is 0 Å². The smallest absolute Gasteiger partial charge is 0.304 e. The summed E-state index contributed by atoms with van der Waals surface area (Å²) in [6.45, 7) is 10.5. The van der Waals surface area contributed by atoms with E-state index in [1.807, 2.05) is 0 Å².